The summed E-state index contributed by atoms with van der Waals surface area (Å²) in [5.74, 6) is 0.123. The molecule has 6 heteroatoms. The van der Waals surface area contributed by atoms with E-state index in [-0.39, 0.29) is 18.4 Å². The summed E-state index contributed by atoms with van der Waals surface area (Å²) in [6, 6.07) is 3.61. The molecule has 1 atom stereocenters. The average molecular weight is 283 g/mol. The van der Waals surface area contributed by atoms with Crippen molar-refractivity contribution < 1.29 is 13.6 Å². The van der Waals surface area contributed by atoms with Gasteiger partial charge < -0.3 is 5.32 Å². The number of carbonyl (C=O) groups is 1. The molecule has 2 rings (SSSR count). The van der Waals surface area contributed by atoms with E-state index in [1.54, 1.807) is 17.2 Å². The highest BCUT2D eigenvalue weighted by molar-refractivity contribution is 5.91. The molecule has 1 fully saturated rings. The SMILES string of the molecule is Cc1ccc(NC(=O)[C@@H]2CCCN(CC(F)F)C2)nc1. The van der Waals surface area contributed by atoms with Crippen molar-refractivity contribution in [1.29, 1.82) is 0 Å². The first-order valence-corrected chi connectivity index (χ1v) is 6.78. The van der Waals surface area contributed by atoms with E-state index in [1.165, 1.54) is 0 Å². The number of anilines is 1. The number of nitrogens with one attached hydrogen (secondary N) is 1. The Hall–Kier alpha value is -1.56. The monoisotopic (exact) mass is 283 g/mol. The van der Waals surface area contributed by atoms with Gasteiger partial charge in [-0.25, -0.2) is 13.8 Å². The van der Waals surface area contributed by atoms with Gasteiger partial charge in [-0.05, 0) is 37.9 Å². The topological polar surface area (TPSA) is 45.2 Å². The number of rotatable bonds is 4. The Kier molecular flexibility index (Phi) is 5.00. The van der Waals surface area contributed by atoms with Crippen molar-refractivity contribution in [3.05, 3.63) is 23.9 Å². The summed E-state index contributed by atoms with van der Waals surface area (Å²) in [6.07, 6.45) is 0.832. The number of aromatic nitrogens is 1. The molecule has 20 heavy (non-hydrogen) atoms. The van der Waals surface area contributed by atoms with Crippen molar-refractivity contribution in [3.8, 4) is 0 Å². The van der Waals surface area contributed by atoms with Gasteiger partial charge in [-0.1, -0.05) is 6.07 Å². The molecule has 0 unspecified atom stereocenters. The van der Waals surface area contributed by atoms with E-state index in [1.807, 2.05) is 13.0 Å². The highest BCUT2D eigenvalue weighted by Gasteiger charge is 2.27. The van der Waals surface area contributed by atoms with Crippen LogP contribution in [0.1, 0.15) is 18.4 Å². The number of aryl methyl sites for hydroxylation is 1. The van der Waals surface area contributed by atoms with Crippen LogP contribution >= 0.6 is 0 Å². The molecule has 0 spiro atoms. The van der Waals surface area contributed by atoms with Crippen molar-refractivity contribution in [2.45, 2.75) is 26.2 Å². The first-order valence-electron chi connectivity index (χ1n) is 6.78. The third-order valence-corrected chi connectivity index (χ3v) is 3.44. The third kappa shape index (κ3) is 4.23. The van der Waals surface area contributed by atoms with Crippen LogP contribution in [0.4, 0.5) is 14.6 Å². The molecule has 1 N–H and O–H groups in total. The lowest BCUT2D eigenvalue weighted by Crippen LogP contribution is -2.42. The Morgan fingerprint density at radius 2 is 2.35 bits per heavy atom. The molecule has 0 bridgehead atoms. The number of amides is 1. The van der Waals surface area contributed by atoms with Crippen LogP contribution in [0.5, 0.6) is 0 Å². The molecular weight excluding hydrogens is 264 g/mol. The van der Waals surface area contributed by atoms with E-state index in [2.05, 4.69) is 10.3 Å². The highest BCUT2D eigenvalue weighted by atomic mass is 19.3. The molecule has 0 saturated carbocycles. The van der Waals surface area contributed by atoms with Crippen molar-refractivity contribution >= 4 is 11.7 Å². The van der Waals surface area contributed by atoms with Gasteiger partial charge in [0.2, 0.25) is 5.91 Å². The van der Waals surface area contributed by atoms with Gasteiger partial charge in [-0.2, -0.15) is 0 Å². The number of hydrogen-bond donors (Lipinski definition) is 1. The van der Waals surface area contributed by atoms with Gasteiger partial charge in [0.15, 0.2) is 0 Å². The van der Waals surface area contributed by atoms with Crippen LogP contribution in [-0.2, 0) is 4.79 Å². The molecule has 1 aromatic rings. The van der Waals surface area contributed by atoms with Crippen LogP contribution in [0, 0.1) is 12.8 Å². The summed E-state index contributed by atoms with van der Waals surface area (Å²) < 4.78 is 24.8. The third-order valence-electron chi connectivity index (χ3n) is 3.44. The molecule has 0 aromatic carbocycles. The molecule has 0 radical (unpaired) electrons. The van der Waals surface area contributed by atoms with Gasteiger partial charge >= 0.3 is 0 Å². The summed E-state index contributed by atoms with van der Waals surface area (Å²) >= 11 is 0. The molecule has 1 aliphatic rings. The lowest BCUT2D eigenvalue weighted by atomic mass is 9.97. The van der Waals surface area contributed by atoms with Gasteiger partial charge in [0.25, 0.3) is 6.43 Å². The molecule has 0 aliphatic carbocycles. The zero-order chi connectivity index (χ0) is 14.5. The van der Waals surface area contributed by atoms with Gasteiger partial charge in [0, 0.05) is 12.7 Å². The van der Waals surface area contributed by atoms with Crippen LogP contribution in [0.25, 0.3) is 0 Å². The van der Waals surface area contributed by atoms with Crippen LogP contribution in [0.3, 0.4) is 0 Å². The quantitative estimate of drug-likeness (QED) is 0.922. The smallest absolute Gasteiger partial charge is 0.251 e. The minimum absolute atomic E-state index is 0.139. The van der Waals surface area contributed by atoms with Crippen LogP contribution in [0.15, 0.2) is 18.3 Å². The second-order valence-corrected chi connectivity index (χ2v) is 5.20. The first kappa shape index (κ1) is 14.8. The maximum atomic E-state index is 12.4. The van der Waals surface area contributed by atoms with E-state index >= 15 is 0 Å². The van der Waals surface area contributed by atoms with Gasteiger partial charge in [0.05, 0.1) is 12.5 Å². The number of hydrogen-bond acceptors (Lipinski definition) is 3. The van der Waals surface area contributed by atoms with Gasteiger partial charge in [-0.15, -0.1) is 0 Å². The molecule has 110 valence electrons. The fraction of sp³-hybridized carbons (Fsp3) is 0.571. The zero-order valence-electron chi connectivity index (χ0n) is 11.5. The van der Waals surface area contributed by atoms with Crippen molar-refractivity contribution in [2.75, 3.05) is 25.0 Å². The number of likely N-dealkylation sites (tertiary alicyclic amines) is 1. The number of halogens is 2. The molecule has 2 heterocycles. The number of carbonyl (C=O) groups excluding carboxylic acids is 1. The molecule has 1 saturated heterocycles. The molecule has 1 aliphatic heterocycles. The van der Waals surface area contributed by atoms with E-state index in [0.29, 0.717) is 18.9 Å². The van der Waals surface area contributed by atoms with Crippen LogP contribution < -0.4 is 5.32 Å². The van der Waals surface area contributed by atoms with Crippen molar-refractivity contribution in [1.82, 2.24) is 9.88 Å². The molecule has 1 amide bonds. The van der Waals surface area contributed by atoms with E-state index in [9.17, 15) is 13.6 Å². The fourth-order valence-corrected chi connectivity index (χ4v) is 2.40. The Balaban J connectivity index is 1.90. The van der Waals surface area contributed by atoms with Crippen LogP contribution in [0.2, 0.25) is 0 Å². The van der Waals surface area contributed by atoms with E-state index < -0.39 is 6.43 Å². The second-order valence-electron chi connectivity index (χ2n) is 5.20. The fourth-order valence-electron chi connectivity index (χ4n) is 2.40. The zero-order valence-corrected chi connectivity index (χ0v) is 11.5. The Morgan fingerprint density at radius 1 is 1.55 bits per heavy atom. The average Bonchev–Trinajstić information content (AvgIpc) is 2.41. The summed E-state index contributed by atoms with van der Waals surface area (Å²) in [7, 11) is 0. The number of piperidine rings is 1. The lowest BCUT2D eigenvalue weighted by molar-refractivity contribution is -0.121. The number of pyridine rings is 1. The van der Waals surface area contributed by atoms with Crippen molar-refractivity contribution in [2.24, 2.45) is 5.92 Å². The summed E-state index contributed by atoms with van der Waals surface area (Å²) in [4.78, 5) is 17.9. The Morgan fingerprint density at radius 3 is 3.00 bits per heavy atom. The summed E-state index contributed by atoms with van der Waals surface area (Å²) in [5.41, 5.74) is 1.02. The first-order chi connectivity index (χ1) is 9.54. The lowest BCUT2D eigenvalue weighted by Gasteiger charge is -2.31. The normalized spacial score (nSPS) is 20.1. The number of alkyl halides is 2. The van der Waals surface area contributed by atoms with E-state index in [0.717, 1.165) is 18.4 Å². The minimum atomic E-state index is -2.35. The minimum Gasteiger partial charge on any atom is -0.310 e. The molecular formula is C14H19F2N3O. The van der Waals surface area contributed by atoms with Crippen LogP contribution in [-0.4, -0.2) is 41.9 Å². The maximum Gasteiger partial charge on any atom is 0.251 e. The van der Waals surface area contributed by atoms with Crippen molar-refractivity contribution in [3.63, 3.8) is 0 Å². The summed E-state index contributed by atoms with van der Waals surface area (Å²) in [5, 5.41) is 2.75. The maximum absolute atomic E-state index is 12.4. The largest absolute Gasteiger partial charge is 0.310 e. The Bertz CT molecular complexity index is 450. The summed E-state index contributed by atoms with van der Waals surface area (Å²) in [6.45, 7) is 2.69. The molecule has 1 aromatic heterocycles. The molecule has 4 nitrogen and oxygen atoms in total. The standard InChI is InChI=1S/C14H19F2N3O/c1-10-4-5-13(17-7-10)18-14(20)11-3-2-6-19(8-11)9-12(15)16/h4-5,7,11-12H,2-3,6,8-9H2,1H3,(H,17,18,20)/t11-/m1/s1. The van der Waals surface area contributed by atoms with Gasteiger partial charge in [0.1, 0.15) is 5.82 Å². The predicted octanol–water partition coefficient (Wildman–Crippen LogP) is 2.31. The van der Waals surface area contributed by atoms with E-state index in [4.69, 9.17) is 0 Å². The second kappa shape index (κ2) is 6.74. The Labute approximate surface area is 117 Å². The predicted molar refractivity (Wildman–Crippen MR) is 72.8 cm³/mol. The highest BCUT2D eigenvalue weighted by Crippen LogP contribution is 2.19. The van der Waals surface area contributed by atoms with Gasteiger partial charge in [-0.3, -0.25) is 9.69 Å². The number of nitrogens with zero attached hydrogens (tertiary/aromatic N) is 2.